The number of carbonyl (C=O) groups excluding carboxylic acids is 1. The van der Waals surface area contributed by atoms with Gasteiger partial charge in [-0.3, -0.25) is 9.79 Å². The highest BCUT2D eigenvalue weighted by Crippen LogP contribution is 2.18. The number of thioether (sulfide) groups is 1. The molecule has 5 heteroatoms. The maximum Gasteiger partial charge on any atom is 0.239 e. The van der Waals surface area contributed by atoms with Gasteiger partial charge in [0.1, 0.15) is 0 Å². The lowest BCUT2D eigenvalue weighted by molar-refractivity contribution is -0.120. The second kappa shape index (κ2) is 4.68. The topological polar surface area (TPSA) is 53.5 Å². The highest BCUT2D eigenvalue weighted by Gasteiger charge is 2.23. The molecule has 0 unspecified atom stereocenters. The van der Waals surface area contributed by atoms with Gasteiger partial charge in [0.15, 0.2) is 5.17 Å². The summed E-state index contributed by atoms with van der Waals surface area (Å²) in [6.07, 6.45) is 3.42. The van der Waals surface area contributed by atoms with Crippen molar-refractivity contribution in [1.29, 1.82) is 0 Å². The van der Waals surface area contributed by atoms with Crippen molar-refractivity contribution >= 4 is 22.8 Å². The Hall–Kier alpha value is -0.710. The van der Waals surface area contributed by atoms with Crippen LogP contribution in [0.1, 0.15) is 19.3 Å². The Morgan fingerprint density at radius 2 is 2.43 bits per heavy atom. The second-order valence-electron chi connectivity index (χ2n) is 3.58. The monoisotopic (exact) mass is 213 g/mol. The van der Waals surface area contributed by atoms with Gasteiger partial charge in [-0.25, -0.2) is 0 Å². The summed E-state index contributed by atoms with van der Waals surface area (Å²) in [6, 6.07) is 0.449. The average Bonchev–Trinajstić information content (AvgIpc) is 3.00. The van der Waals surface area contributed by atoms with E-state index in [1.807, 2.05) is 0 Å². The average molecular weight is 213 g/mol. The molecule has 2 aliphatic rings. The number of hydrogen-bond acceptors (Lipinski definition) is 4. The molecule has 2 N–H and O–H groups in total. The van der Waals surface area contributed by atoms with E-state index in [-0.39, 0.29) is 5.91 Å². The molecule has 0 radical (unpaired) electrons. The van der Waals surface area contributed by atoms with Gasteiger partial charge in [0.05, 0.1) is 6.54 Å². The summed E-state index contributed by atoms with van der Waals surface area (Å²) in [4.78, 5) is 15.6. The van der Waals surface area contributed by atoms with E-state index in [0.717, 1.165) is 36.7 Å². The van der Waals surface area contributed by atoms with Crippen LogP contribution in [-0.2, 0) is 4.79 Å². The summed E-state index contributed by atoms with van der Waals surface area (Å²) >= 11 is 1.70. The first-order valence-electron chi connectivity index (χ1n) is 5.05. The van der Waals surface area contributed by atoms with Crippen LogP contribution in [0.25, 0.3) is 0 Å². The predicted octanol–water partition coefficient (Wildman–Crippen LogP) is 0.347. The van der Waals surface area contributed by atoms with E-state index in [1.165, 1.54) is 0 Å². The molecule has 0 aromatic heterocycles. The minimum atomic E-state index is 0.0846. The Morgan fingerprint density at radius 3 is 3.07 bits per heavy atom. The quantitative estimate of drug-likeness (QED) is 0.711. The lowest BCUT2D eigenvalue weighted by Crippen LogP contribution is -2.37. The maximum absolute atomic E-state index is 11.3. The zero-order valence-electron chi connectivity index (χ0n) is 8.08. The Kier molecular flexibility index (Phi) is 3.29. The number of rotatable bonds is 3. The van der Waals surface area contributed by atoms with E-state index >= 15 is 0 Å². The van der Waals surface area contributed by atoms with Gasteiger partial charge in [-0.2, -0.15) is 0 Å². The molecule has 1 amide bonds. The van der Waals surface area contributed by atoms with E-state index in [2.05, 4.69) is 15.6 Å². The van der Waals surface area contributed by atoms with Crippen LogP contribution in [0.2, 0.25) is 0 Å². The van der Waals surface area contributed by atoms with Gasteiger partial charge in [0, 0.05) is 18.3 Å². The Bertz CT molecular complexity index is 250. The first-order valence-corrected chi connectivity index (χ1v) is 6.03. The molecular formula is C9H15N3OS. The molecule has 0 aromatic rings. The molecule has 1 fully saturated rings. The molecule has 1 aliphatic heterocycles. The first kappa shape index (κ1) is 9.83. The third-order valence-electron chi connectivity index (χ3n) is 2.14. The summed E-state index contributed by atoms with van der Waals surface area (Å²) in [7, 11) is 0. The van der Waals surface area contributed by atoms with Crippen molar-refractivity contribution in [3.8, 4) is 0 Å². The van der Waals surface area contributed by atoms with Crippen molar-refractivity contribution in [3.63, 3.8) is 0 Å². The molecule has 0 aromatic carbocycles. The third-order valence-corrected chi connectivity index (χ3v) is 3.18. The maximum atomic E-state index is 11.3. The summed E-state index contributed by atoms with van der Waals surface area (Å²) < 4.78 is 0. The van der Waals surface area contributed by atoms with Gasteiger partial charge in [0.25, 0.3) is 0 Å². The summed E-state index contributed by atoms with van der Waals surface area (Å²) in [5.74, 6) is 1.19. The van der Waals surface area contributed by atoms with Gasteiger partial charge < -0.3 is 10.6 Å². The highest BCUT2D eigenvalue weighted by molar-refractivity contribution is 8.13. The van der Waals surface area contributed by atoms with Crippen molar-refractivity contribution in [1.82, 2.24) is 10.6 Å². The normalized spacial score (nSPS) is 21.3. The van der Waals surface area contributed by atoms with E-state index in [4.69, 9.17) is 0 Å². The van der Waals surface area contributed by atoms with Gasteiger partial charge in [-0.15, -0.1) is 0 Å². The van der Waals surface area contributed by atoms with Crippen molar-refractivity contribution in [2.75, 3.05) is 18.8 Å². The lowest BCUT2D eigenvalue weighted by atomic mass is 10.5. The van der Waals surface area contributed by atoms with Crippen molar-refractivity contribution in [2.45, 2.75) is 25.3 Å². The lowest BCUT2D eigenvalue weighted by Gasteiger charge is -2.12. The SMILES string of the molecule is O=C(CNC1=NCCCS1)NC1CC1. The van der Waals surface area contributed by atoms with Crippen LogP contribution in [0.3, 0.4) is 0 Å². The van der Waals surface area contributed by atoms with Crippen molar-refractivity contribution in [2.24, 2.45) is 4.99 Å². The summed E-state index contributed by atoms with van der Waals surface area (Å²) in [5.41, 5.74) is 0. The number of amidine groups is 1. The molecular weight excluding hydrogens is 198 g/mol. The molecule has 0 atom stereocenters. The molecule has 0 bridgehead atoms. The number of nitrogens with one attached hydrogen (secondary N) is 2. The zero-order valence-corrected chi connectivity index (χ0v) is 8.90. The number of carbonyl (C=O) groups is 1. The number of nitrogens with zero attached hydrogens (tertiary/aromatic N) is 1. The molecule has 14 heavy (non-hydrogen) atoms. The first-order chi connectivity index (χ1) is 6.84. The van der Waals surface area contributed by atoms with Gasteiger partial charge >= 0.3 is 0 Å². The molecule has 1 saturated carbocycles. The molecule has 0 saturated heterocycles. The molecule has 0 spiro atoms. The largest absolute Gasteiger partial charge is 0.356 e. The van der Waals surface area contributed by atoms with Crippen molar-refractivity contribution in [3.05, 3.63) is 0 Å². The van der Waals surface area contributed by atoms with Crippen LogP contribution in [0.4, 0.5) is 0 Å². The smallest absolute Gasteiger partial charge is 0.239 e. The molecule has 1 aliphatic carbocycles. The van der Waals surface area contributed by atoms with Gasteiger partial charge in [-0.05, 0) is 19.3 Å². The van der Waals surface area contributed by atoms with Crippen LogP contribution in [-0.4, -0.2) is 36.0 Å². The highest BCUT2D eigenvalue weighted by atomic mass is 32.2. The predicted molar refractivity (Wildman–Crippen MR) is 58.5 cm³/mol. The number of hydrogen-bond donors (Lipinski definition) is 2. The molecule has 1 heterocycles. The second-order valence-corrected chi connectivity index (χ2v) is 4.67. The van der Waals surface area contributed by atoms with Crippen LogP contribution < -0.4 is 10.6 Å². The molecule has 2 rings (SSSR count). The third kappa shape index (κ3) is 3.21. The van der Waals surface area contributed by atoms with Gasteiger partial charge in [0.2, 0.25) is 5.91 Å². The standard InChI is InChI=1S/C9H15N3OS/c13-8(12-7-2-3-7)6-11-9-10-4-1-5-14-9/h7H,1-6H2,(H,10,11)(H,12,13). The van der Waals surface area contributed by atoms with Gasteiger partial charge in [-0.1, -0.05) is 11.8 Å². The fraction of sp³-hybridized carbons (Fsp3) is 0.778. The van der Waals surface area contributed by atoms with Crippen LogP contribution in [0, 0.1) is 0 Å². The van der Waals surface area contributed by atoms with E-state index < -0.39 is 0 Å². The van der Waals surface area contributed by atoms with E-state index in [0.29, 0.717) is 12.6 Å². The van der Waals surface area contributed by atoms with E-state index in [9.17, 15) is 4.79 Å². The Morgan fingerprint density at radius 1 is 1.57 bits per heavy atom. The molecule has 4 nitrogen and oxygen atoms in total. The summed E-state index contributed by atoms with van der Waals surface area (Å²) in [6.45, 7) is 1.25. The van der Waals surface area contributed by atoms with Crippen molar-refractivity contribution < 1.29 is 4.79 Å². The molecule has 78 valence electrons. The van der Waals surface area contributed by atoms with E-state index in [1.54, 1.807) is 11.8 Å². The fourth-order valence-electron chi connectivity index (χ4n) is 1.23. The number of amides is 1. The van der Waals surface area contributed by atoms with Crippen LogP contribution >= 0.6 is 11.8 Å². The number of aliphatic imine (C=N–C) groups is 1. The Balaban J connectivity index is 1.64. The minimum absolute atomic E-state index is 0.0846. The summed E-state index contributed by atoms with van der Waals surface area (Å²) in [5, 5.41) is 6.90. The van der Waals surface area contributed by atoms with Crippen LogP contribution in [0.5, 0.6) is 0 Å². The fourth-order valence-corrected chi connectivity index (χ4v) is 2.05. The zero-order chi connectivity index (χ0) is 9.80. The minimum Gasteiger partial charge on any atom is -0.356 e. The Labute approximate surface area is 87.9 Å². The van der Waals surface area contributed by atoms with Crippen LogP contribution in [0.15, 0.2) is 4.99 Å².